The van der Waals surface area contributed by atoms with Gasteiger partial charge in [0.2, 0.25) is 0 Å². The van der Waals surface area contributed by atoms with Crippen molar-refractivity contribution in [2.24, 2.45) is 0 Å². The Morgan fingerprint density at radius 2 is 1.00 bits per heavy atom. The molecule has 7 aromatic carbocycles. The van der Waals surface area contributed by atoms with E-state index in [0.29, 0.717) is 22.4 Å². The molecule has 2 heterocycles. The molecule has 2 aliphatic rings. The molecule has 0 amide bonds. The molecule has 0 saturated heterocycles. The van der Waals surface area contributed by atoms with E-state index in [4.69, 9.17) is 9.97 Å². The van der Waals surface area contributed by atoms with E-state index in [1.807, 2.05) is 54.6 Å². The molecule has 0 fully saturated rings. The minimum atomic E-state index is -0.168. The maximum atomic E-state index is 14.5. The van der Waals surface area contributed by atoms with Crippen LogP contribution in [0.5, 0.6) is 0 Å². The molecule has 0 atom stereocenters. The van der Waals surface area contributed by atoms with Gasteiger partial charge in [-0.3, -0.25) is 4.79 Å². The van der Waals surface area contributed by atoms with Crippen LogP contribution in [0.15, 0.2) is 156 Å². The summed E-state index contributed by atoms with van der Waals surface area (Å²) in [5.41, 5.74) is 17.2. The van der Waals surface area contributed by atoms with E-state index in [-0.39, 0.29) is 16.4 Å². The van der Waals surface area contributed by atoms with Gasteiger partial charge in [0.1, 0.15) is 5.82 Å². The van der Waals surface area contributed by atoms with Crippen molar-refractivity contribution in [1.82, 2.24) is 14.4 Å². The molecule has 4 heteroatoms. The van der Waals surface area contributed by atoms with Gasteiger partial charge in [-0.1, -0.05) is 143 Å². The molecule has 2 aromatic heterocycles. The lowest BCUT2D eigenvalue weighted by molar-refractivity contribution is 0.660. The van der Waals surface area contributed by atoms with Gasteiger partial charge in [-0.2, -0.15) is 0 Å². The van der Waals surface area contributed by atoms with Crippen molar-refractivity contribution in [2.75, 3.05) is 0 Å². The number of rotatable bonds is 3. The van der Waals surface area contributed by atoms with Gasteiger partial charge in [0.15, 0.2) is 5.65 Å². The molecule has 0 aliphatic heterocycles. The van der Waals surface area contributed by atoms with Crippen molar-refractivity contribution in [2.45, 2.75) is 38.5 Å². The summed E-state index contributed by atoms with van der Waals surface area (Å²) in [6, 6.07) is 53.4. The van der Waals surface area contributed by atoms with Crippen LogP contribution in [0.3, 0.4) is 0 Å². The summed E-state index contributed by atoms with van der Waals surface area (Å²) in [5, 5.41) is 1.40. The molecule has 2 aliphatic carbocycles. The Morgan fingerprint density at radius 3 is 1.69 bits per heavy atom. The van der Waals surface area contributed by atoms with E-state index in [1.165, 1.54) is 44.5 Å². The highest BCUT2D eigenvalue weighted by Gasteiger charge is 2.37. The molecule has 0 unspecified atom stereocenters. The minimum absolute atomic E-state index is 0.130. The first kappa shape index (κ1) is 31.8. The van der Waals surface area contributed by atoms with E-state index in [2.05, 4.69) is 125 Å². The largest absolute Gasteiger partial charge is 0.268 e. The van der Waals surface area contributed by atoms with E-state index < -0.39 is 0 Å². The van der Waals surface area contributed by atoms with Crippen LogP contribution in [0.4, 0.5) is 0 Å². The third kappa shape index (κ3) is 4.42. The molecule has 0 spiro atoms. The normalized spacial score (nSPS) is 14.5. The van der Waals surface area contributed by atoms with Gasteiger partial charge in [0, 0.05) is 27.3 Å². The van der Waals surface area contributed by atoms with E-state index in [0.717, 1.165) is 38.7 Å². The van der Waals surface area contributed by atoms with Crippen LogP contribution < -0.4 is 5.56 Å². The van der Waals surface area contributed by atoms with Crippen molar-refractivity contribution in [3.63, 3.8) is 0 Å². The first-order valence-corrected chi connectivity index (χ1v) is 19.0. The van der Waals surface area contributed by atoms with E-state index in [1.54, 1.807) is 4.40 Å². The smallest absolute Gasteiger partial charge is 0.267 e. The van der Waals surface area contributed by atoms with Crippen molar-refractivity contribution < 1.29 is 0 Å². The number of para-hydroxylation sites is 1. The second-order valence-electron chi connectivity index (χ2n) is 16.2. The first-order chi connectivity index (χ1) is 26.7. The molecule has 55 heavy (non-hydrogen) atoms. The quantitative estimate of drug-likeness (QED) is 0.136. The Bertz CT molecular complexity index is 3170. The molecule has 4 nitrogen and oxygen atoms in total. The fourth-order valence-electron chi connectivity index (χ4n) is 9.51. The predicted molar refractivity (Wildman–Crippen MR) is 226 cm³/mol. The third-order valence-corrected chi connectivity index (χ3v) is 12.4. The Kier molecular flexibility index (Phi) is 6.48. The van der Waals surface area contributed by atoms with Gasteiger partial charge in [-0.05, 0) is 97.6 Å². The van der Waals surface area contributed by atoms with Crippen LogP contribution in [-0.4, -0.2) is 14.4 Å². The number of hydrogen-bond donors (Lipinski definition) is 0. The zero-order chi connectivity index (χ0) is 37.2. The summed E-state index contributed by atoms with van der Waals surface area (Å²) in [7, 11) is 0. The van der Waals surface area contributed by atoms with Crippen molar-refractivity contribution in [1.29, 1.82) is 0 Å². The second kappa shape index (κ2) is 11.2. The molecule has 0 saturated carbocycles. The molecule has 262 valence electrons. The fourth-order valence-corrected chi connectivity index (χ4v) is 9.51. The zero-order valence-corrected chi connectivity index (χ0v) is 31.2. The number of fused-ring (bicyclic) bond motifs is 10. The maximum Gasteiger partial charge on any atom is 0.267 e. The molecule has 11 rings (SSSR count). The lowest BCUT2D eigenvalue weighted by atomic mass is 9.81. The standard InChI is InChI=1S/C51H37N3O/c1-50(2)41-19-11-8-16-34(41)36-24-22-31(28-43(36)50)33-26-39(32-23-25-37-35-17-9-12-20-42(35)51(3,4)44(37)29-32)46-40(27-33)48-52-45-21-13-10-18-38(45)49(55)54(48)47(53-46)30-14-6-5-7-15-30/h5-29H,1-4H3. The Labute approximate surface area is 319 Å². The lowest BCUT2D eigenvalue weighted by Crippen LogP contribution is -2.19. The summed E-state index contributed by atoms with van der Waals surface area (Å²) in [6.45, 7) is 9.28. The molecule has 0 bridgehead atoms. The van der Waals surface area contributed by atoms with Gasteiger partial charge < -0.3 is 0 Å². The van der Waals surface area contributed by atoms with Crippen molar-refractivity contribution >= 4 is 27.5 Å². The predicted octanol–water partition coefficient (Wildman–Crippen LogP) is 12.0. The molecular weight excluding hydrogens is 671 g/mol. The van der Waals surface area contributed by atoms with Crippen LogP contribution >= 0.6 is 0 Å². The lowest BCUT2D eigenvalue weighted by Gasteiger charge is -2.23. The number of nitrogens with zero attached hydrogens (tertiary/aromatic N) is 3. The summed E-state index contributed by atoms with van der Waals surface area (Å²) < 4.78 is 1.72. The first-order valence-electron chi connectivity index (χ1n) is 19.0. The summed E-state index contributed by atoms with van der Waals surface area (Å²) in [6.07, 6.45) is 0. The van der Waals surface area contributed by atoms with Crippen LogP contribution in [0.2, 0.25) is 0 Å². The number of aromatic nitrogens is 3. The average Bonchev–Trinajstić information content (AvgIpc) is 3.59. The van der Waals surface area contributed by atoms with Gasteiger partial charge in [-0.25, -0.2) is 14.4 Å². The maximum absolute atomic E-state index is 14.5. The van der Waals surface area contributed by atoms with E-state index in [9.17, 15) is 4.79 Å². The van der Waals surface area contributed by atoms with Crippen LogP contribution in [-0.2, 0) is 10.8 Å². The summed E-state index contributed by atoms with van der Waals surface area (Å²) in [4.78, 5) is 25.2. The van der Waals surface area contributed by atoms with Crippen LogP contribution in [0.1, 0.15) is 49.9 Å². The highest BCUT2D eigenvalue weighted by atomic mass is 16.1. The Morgan fingerprint density at radius 1 is 0.436 bits per heavy atom. The number of hydrogen-bond acceptors (Lipinski definition) is 3. The van der Waals surface area contributed by atoms with Crippen molar-refractivity contribution in [3.8, 4) is 55.9 Å². The highest BCUT2D eigenvalue weighted by molar-refractivity contribution is 6.06. The molecule has 0 N–H and O–H groups in total. The average molecular weight is 708 g/mol. The Balaban J connectivity index is 1.25. The fraction of sp³-hybridized carbons (Fsp3) is 0.118. The SMILES string of the molecule is CC1(C)c2ccccc2-c2ccc(-c3cc(-c4ccc5c(c4)C(C)(C)c4ccccc4-5)c4nc(-c5ccccc5)n5c(=O)c6ccccc6nc5c4c3)cc21. The van der Waals surface area contributed by atoms with Crippen LogP contribution in [0.25, 0.3) is 83.3 Å². The molecule has 0 radical (unpaired) electrons. The monoisotopic (exact) mass is 707 g/mol. The highest BCUT2D eigenvalue weighted by Crippen LogP contribution is 2.52. The van der Waals surface area contributed by atoms with Gasteiger partial charge >= 0.3 is 0 Å². The minimum Gasteiger partial charge on any atom is -0.268 e. The summed E-state index contributed by atoms with van der Waals surface area (Å²) in [5.74, 6) is 0.575. The second-order valence-corrected chi connectivity index (χ2v) is 16.2. The number of benzene rings is 7. The third-order valence-electron chi connectivity index (χ3n) is 12.4. The molecule has 9 aromatic rings. The zero-order valence-electron chi connectivity index (χ0n) is 31.2. The van der Waals surface area contributed by atoms with Crippen LogP contribution in [0, 0.1) is 0 Å². The summed E-state index contributed by atoms with van der Waals surface area (Å²) >= 11 is 0. The molecular formula is C51H37N3O. The van der Waals surface area contributed by atoms with E-state index >= 15 is 0 Å². The van der Waals surface area contributed by atoms with Crippen molar-refractivity contribution in [3.05, 3.63) is 184 Å². The van der Waals surface area contributed by atoms with Gasteiger partial charge in [-0.15, -0.1) is 0 Å². The topological polar surface area (TPSA) is 47.3 Å². The van der Waals surface area contributed by atoms with Gasteiger partial charge in [0.25, 0.3) is 5.56 Å². The van der Waals surface area contributed by atoms with Gasteiger partial charge in [0.05, 0.1) is 16.4 Å². The Hall–Kier alpha value is -6.65.